The summed E-state index contributed by atoms with van der Waals surface area (Å²) in [7, 11) is 3.17. The lowest BCUT2D eigenvalue weighted by atomic mass is 10.2. The van der Waals surface area contributed by atoms with E-state index >= 15 is 0 Å². The van der Waals surface area contributed by atoms with Crippen molar-refractivity contribution in [2.45, 2.75) is 13.3 Å². The molecular formula is C15H21ClN2O3. The van der Waals surface area contributed by atoms with E-state index in [0.717, 1.165) is 31.9 Å². The van der Waals surface area contributed by atoms with E-state index in [2.05, 4.69) is 4.90 Å². The van der Waals surface area contributed by atoms with E-state index in [9.17, 15) is 4.79 Å². The van der Waals surface area contributed by atoms with Crippen molar-refractivity contribution in [2.24, 2.45) is 0 Å². The van der Waals surface area contributed by atoms with E-state index in [-0.39, 0.29) is 5.91 Å². The molecule has 0 atom stereocenters. The van der Waals surface area contributed by atoms with Gasteiger partial charge in [-0.2, -0.15) is 0 Å². The van der Waals surface area contributed by atoms with Crippen LogP contribution in [0.25, 0.3) is 0 Å². The number of ether oxygens (including phenoxy) is 2. The van der Waals surface area contributed by atoms with Gasteiger partial charge in [-0.05, 0) is 0 Å². The number of anilines is 1. The van der Waals surface area contributed by atoms with Crippen LogP contribution < -0.4 is 14.4 Å². The lowest BCUT2D eigenvalue weighted by Gasteiger charge is -2.36. The van der Waals surface area contributed by atoms with Gasteiger partial charge in [-0.1, -0.05) is 18.5 Å². The lowest BCUT2D eigenvalue weighted by molar-refractivity contribution is -0.131. The molecule has 0 radical (unpaired) electrons. The van der Waals surface area contributed by atoms with Gasteiger partial charge in [0.05, 0.1) is 14.2 Å². The summed E-state index contributed by atoms with van der Waals surface area (Å²) >= 11 is 6.18. The van der Waals surface area contributed by atoms with Gasteiger partial charge in [0.2, 0.25) is 5.91 Å². The SMILES string of the molecule is CCC(=O)N1CCN(c2cc(OC)c(Cl)c(OC)c2)CC1. The van der Waals surface area contributed by atoms with E-state index in [1.165, 1.54) is 0 Å². The summed E-state index contributed by atoms with van der Waals surface area (Å²) in [6.45, 7) is 4.95. The molecule has 0 aromatic heterocycles. The monoisotopic (exact) mass is 312 g/mol. The predicted octanol–water partition coefficient (Wildman–Crippen LogP) is 2.42. The van der Waals surface area contributed by atoms with Crippen LogP contribution in [0.3, 0.4) is 0 Å². The number of methoxy groups -OCH3 is 2. The van der Waals surface area contributed by atoms with E-state index in [0.29, 0.717) is 22.9 Å². The summed E-state index contributed by atoms with van der Waals surface area (Å²) in [6.07, 6.45) is 0.558. The molecule has 1 saturated heterocycles. The highest BCUT2D eigenvalue weighted by Gasteiger charge is 2.22. The summed E-state index contributed by atoms with van der Waals surface area (Å²) in [5, 5.41) is 0.476. The summed E-state index contributed by atoms with van der Waals surface area (Å²) in [4.78, 5) is 15.8. The fourth-order valence-corrected chi connectivity index (χ4v) is 2.74. The topological polar surface area (TPSA) is 42.0 Å². The van der Waals surface area contributed by atoms with Crippen molar-refractivity contribution in [3.8, 4) is 11.5 Å². The first-order valence-electron chi connectivity index (χ1n) is 7.05. The number of piperazine rings is 1. The van der Waals surface area contributed by atoms with Gasteiger partial charge in [-0.15, -0.1) is 0 Å². The Balaban J connectivity index is 2.15. The van der Waals surface area contributed by atoms with Crippen molar-refractivity contribution in [3.63, 3.8) is 0 Å². The molecule has 0 aliphatic carbocycles. The molecule has 1 aliphatic heterocycles. The van der Waals surface area contributed by atoms with Crippen LogP contribution in [0.2, 0.25) is 5.02 Å². The fraction of sp³-hybridized carbons (Fsp3) is 0.533. The zero-order chi connectivity index (χ0) is 15.4. The highest BCUT2D eigenvalue weighted by Crippen LogP contribution is 2.38. The van der Waals surface area contributed by atoms with Gasteiger partial charge in [0.25, 0.3) is 0 Å². The minimum atomic E-state index is 0.209. The van der Waals surface area contributed by atoms with Crippen LogP contribution in [0.15, 0.2) is 12.1 Å². The average Bonchev–Trinajstić information content (AvgIpc) is 2.54. The van der Waals surface area contributed by atoms with Crippen molar-refractivity contribution >= 4 is 23.2 Å². The third-order valence-electron chi connectivity index (χ3n) is 3.73. The van der Waals surface area contributed by atoms with E-state index in [1.807, 2.05) is 24.0 Å². The summed E-state index contributed by atoms with van der Waals surface area (Å²) < 4.78 is 10.6. The molecular weight excluding hydrogens is 292 g/mol. The van der Waals surface area contributed by atoms with Crippen LogP contribution in [0.5, 0.6) is 11.5 Å². The second-order valence-electron chi connectivity index (χ2n) is 4.89. The number of benzene rings is 1. The van der Waals surface area contributed by atoms with Gasteiger partial charge < -0.3 is 19.3 Å². The first-order valence-corrected chi connectivity index (χ1v) is 7.42. The number of halogens is 1. The van der Waals surface area contributed by atoms with Crippen molar-refractivity contribution in [1.82, 2.24) is 4.90 Å². The molecule has 1 fully saturated rings. The Hall–Kier alpha value is -1.62. The molecule has 0 saturated carbocycles. The fourth-order valence-electron chi connectivity index (χ4n) is 2.48. The molecule has 5 nitrogen and oxygen atoms in total. The van der Waals surface area contributed by atoms with Gasteiger partial charge in [-0.25, -0.2) is 0 Å². The van der Waals surface area contributed by atoms with Gasteiger partial charge in [0.15, 0.2) is 0 Å². The first-order chi connectivity index (χ1) is 10.1. The maximum Gasteiger partial charge on any atom is 0.222 e. The van der Waals surface area contributed by atoms with Crippen molar-refractivity contribution < 1.29 is 14.3 Å². The second kappa shape index (κ2) is 6.89. The molecule has 0 unspecified atom stereocenters. The van der Waals surface area contributed by atoms with Gasteiger partial charge in [0, 0.05) is 50.4 Å². The third kappa shape index (κ3) is 3.35. The predicted molar refractivity (Wildman–Crippen MR) is 83.6 cm³/mol. The van der Waals surface area contributed by atoms with Crippen molar-refractivity contribution in [1.29, 1.82) is 0 Å². The van der Waals surface area contributed by atoms with Crippen LogP contribution in [0.1, 0.15) is 13.3 Å². The van der Waals surface area contributed by atoms with Crippen LogP contribution >= 0.6 is 11.6 Å². The standard InChI is InChI=1S/C15H21ClN2O3/c1-4-14(19)18-7-5-17(6-8-18)11-9-12(20-2)15(16)13(10-11)21-3/h9-10H,4-8H2,1-3H3. The molecule has 116 valence electrons. The largest absolute Gasteiger partial charge is 0.495 e. The van der Waals surface area contributed by atoms with E-state index in [1.54, 1.807) is 14.2 Å². The number of hydrogen-bond acceptors (Lipinski definition) is 4. The Labute approximate surface area is 130 Å². The average molecular weight is 313 g/mol. The Morgan fingerprint density at radius 2 is 1.67 bits per heavy atom. The maximum absolute atomic E-state index is 11.7. The van der Waals surface area contributed by atoms with E-state index < -0.39 is 0 Å². The second-order valence-corrected chi connectivity index (χ2v) is 5.26. The molecule has 1 aromatic carbocycles. The van der Waals surface area contributed by atoms with Crippen molar-refractivity contribution in [3.05, 3.63) is 17.2 Å². The molecule has 21 heavy (non-hydrogen) atoms. The minimum Gasteiger partial charge on any atom is -0.495 e. The molecule has 1 aromatic rings. The third-order valence-corrected chi connectivity index (χ3v) is 4.10. The molecule has 1 amide bonds. The number of rotatable bonds is 4. The Morgan fingerprint density at radius 3 is 2.10 bits per heavy atom. The normalized spacial score (nSPS) is 15.0. The number of hydrogen-bond donors (Lipinski definition) is 0. The van der Waals surface area contributed by atoms with Crippen LogP contribution in [-0.2, 0) is 4.79 Å². The first kappa shape index (κ1) is 15.8. The molecule has 6 heteroatoms. The molecule has 1 heterocycles. The Bertz CT molecular complexity index is 489. The van der Waals surface area contributed by atoms with Crippen LogP contribution in [-0.4, -0.2) is 51.2 Å². The van der Waals surface area contributed by atoms with Gasteiger partial charge in [-0.3, -0.25) is 4.79 Å². The molecule has 1 aliphatic rings. The number of amides is 1. The van der Waals surface area contributed by atoms with Gasteiger partial charge >= 0.3 is 0 Å². The van der Waals surface area contributed by atoms with Crippen LogP contribution in [0.4, 0.5) is 5.69 Å². The lowest BCUT2D eigenvalue weighted by Crippen LogP contribution is -2.48. The smallest absolute Gasteiger partial charge is 0.222 e. The quantitative estimate of drug-likeness (QED) is 0.856. The zero-order valence-electron chi connectivity index (χ0n) is 12.7. The Morgan fingerprint density at radius 1 is 1.14 bits per heavy atom. The molecule has 0 bridgehead atoms. The van der Waals surface area contributed by atoms with Crippen molar-refractivity contribution in [2.75, 3.05) is 45.3 Å². The highest BCUT2D eigenvalue weighted by molar-refractivity contribution is 6.33. The number of carbonyl (C=O) groups is 1. The number of nitrogens with zero attached hydrogens (tertiary/aromatic N) is 2. The van der Waals surface area contributed by atoms with E-state index in [4.69, 9.17) is 21.1 Å². The summed E-state index contributed by atoms with van der Waals surface area (Å²) in [5.41, 5.74) is 0.997. The minimum absolute atomic E-state index is 0.209. The molecule has 0 N–H and O–H groups in total. The number of carbonyl (C=O) groups excluding carboxylic acids is 1. The summed E-state index contributed by atoms with van der Waals surface area (Å²) in [6, 6.07) is 3.81. The summed E-state index contributed by atoms with van der Waals surface area (Å²) in [5.74, 6) is 1.40. The molecule has 2 rings (SSSR count). The highest BCUT2D eigenvalue weighted by atomic mass is 35.5. The van der Waals surface area contributed by atoms with Crippen LogP contribution in [0, 0.1) is 0 Å². The Kier molecular flexibility index (Phi) is 5.17. The molecule has 0 spiro atoms. The zero-order valence-corrected chi connectivity index (χ0v) is 13.4. The maximum atomic E-state index is 11.7. The van der Waals surface area contributed by atoms with Gasteiger partial charge in [0.1, 0.15) is 16.5 Å².